The van der Waals surface area contributed by atoms with E-state index in [1.54, 1.807) is 0 Å². The van der Waals surface area contributed by atoms with Gasteiger partial charge in [-0.25, -0.2) is 0 Å². The molecule has 1 fully saturated rings. The van der Waals surface area contributed by atoms with Crippen LogP contribution in [0.2, 0.25) is 0 Å². The number of likely N-dealkylation sites (tertiary alicyclic amines) is 1. The second-order valence-corrected chi connectivity index (χ2v) is 6.78. The number of hydrogen-bond acceptors (Lipinski definition) is 2. The van der Waals surface area contributed by atoms with Crippen molar-refractivity contribution in [1.29, 1.82) is 0 Å². The van der Waals surface area contributed by atoms with E-state index >= 15 is 0 Å². The van der Waals surface area contributed by atoms with Crippen molar-refractivity contribution in [2.24, 2.45) is 17.6 Å². The quantitative estimate of drug-likeness (QED) is 0.799. The summed E-state index contributed by atoms with van der Waals surface area (Å²) < 4.78 is 0. The molecule has 0 saturated carbocycles. The molecule has 1 aliphatic rings. The highest BCUT2D eigenvalue weighted by atomic mass is 15.2. The highest BCUT2D eigenvalue weighted by Gasteiger charge is 2.29. The maximum Gasteiger partial charge on any atom is 0.0103 e. The van der Waals surface area contributed by atoms with Gasteiger partial charge in [0.1, 0.15) is 0 Å². The molecule has 2 N–H and O–H groups in total. The first kappa shape index (κ1) is 15.0. The van der Waals surface area contributed by atoms with Gasteiger partial charge >= 0.3 is 0 Å². The van der Waals surface area contributed by atoms with Gasteiger partial charge in [-0.3, -0.25) is 4.90 Å². The van der Waals surface area contributed by atoms with Crippen LogP contribution in [0.15, 0.2) is 0 Å². The maximum atomic E-state index is 6.06. The molecule has 0 amide bonds. The van der Waals surface area contributed by atoms with Gasteiger partial charge in [-0.05, 0) is 44.4 Å². The molecule has 1 heterocycles. The van der Waals surface area contributed by atoms with Gasteiger partial charge in [0.2, 0.25) is 0 Å². The van der Waals surface area contributed by atoms with Crippen LogP contribution in [0.4, 0.5) is 0 Å². The number of nitrogens with two attached hydrogens (primary N) is 1. The van der Waals surface area contributed by atoms with Crippen molar-refractivity contribution in [1.82, 2.24) is 4.90 Å². The molecule has 102 valence electrons. The Morgan fingerprint density at radius 1 is 1.12 bits per heavy atom. The van der Waals surface area contributed by atoms with Crippen LogP contribution in [0.3, 0.4) is 0 Å². The summed E-state index contributed by atoms with van der Waals surface area (Å²) in [6.45, 7) is 12.9. The zero-order valence-electron chi connectivity index (χ0n) is 12.4. The lowest BCUT2D eigenvalue weighted by atomic mass is 9.89. The fourth-order valence-electron chi connectivity index (χ4n) is 3.22. The predicted molar refractivity (Wildman–Crippen MR) is 76.1 cm³/mol. The second-order valence-electron chi connectivity index (χ2n) is 6.78. The minimum atomic E-state index is 0.431. The molecule has 0 aromatic rings. The Balaban J connectivity index is 2.61. The van der Waals surface area contributed by atoms with Crippen LogP contribution in [-0.2, 0) is 0 Å². The third kappa shape index (κ3) is 4.97. The Bertz CT molecular complexity index is 203. The van der Waals surface area contributed by atoms with Crippen LogP contribution < -0.4 is 5.73 Å². The van der Waals surface area contributed by atoms with E-state index in [1.807, 2.05) is 0 Å². The summed E-state index contributed by atoms with van der Waals surface area (Å²) in [4.78, 5) is 2.73. The van der Waals surface area contributed by atoms with Gasteiger partial charge < -0.3 is 5.73 Å². The van der Waals surface area contributed by atoms with Gasteiger partial charge in [0, 0.05) is 24.7 Å². The first-order chi connectivity index (χ1) is 7.90. The fourth-order valence-corrected chi connectivity index (χ4v) is 3.22. The summed E-state index contributed by atoms with van der Waals surface area (Å²) >= 11 is 0. The van der Waals surface area contributed by atoms with E-state index in [-0.39, 0.29) is 0 Å². The zero-order chi connectivity index (χ0) is 13.0. The molecule has 17 heavy (non-hydrogen) atoms. The minimum Gasteiger partial charge on any atom is -0.328 e. The zero-order valence-corrected chi connectivity index (χ0v) is 12.4. The molecule has 2 heteroatoms. The lowest BCUT2D eigenvalue weighted by Gasteiger charge is -2.43. The number of nitrogens with zero attached hydrogens (tertiary/aromatic N) is 1. The van der Waals surface area contributed by atoms with Crippen LogP contribution in [0.5, 0.6) is 0 Å². The van der Waals surface area contributed by atoms with Crippen LogP contribution >= 0.6 is 0 Å². The Kier molecular flexibility index (Phi) is 5.94. The monoisotopic (exact) mass is 240 g/mol. The lowest BCUT2D eigenvalue weighted by Crippen LogP contribution is -2.50. The highest BCUT2D eigenvalue weighted by Crippen LogP contribution is 2.26. The molecule has 0 aromatic carbocycles. The summed E-state index contributed by atoms with van der Waals surface area (Å²) in [6, 6.07) is 1.86. The number of rotatable bonds is 5. The Morgan fingerprint density at radius 2 is 1.65 bits per heavy atom. The standard InChI is InChI=1S/C15H32N2/c1-11(2)8-15(9-12(3)4)17-7-6-14(16)10-13(17)5/h11-15H,6-10,16H2,1-5H3. The largest absolute Gasteiger partial charge is 0.328 e. The van der Waals surface area contributed by atoms with Gasteiger partial charge in [0.15, 0.2) is 0 Å². The Morgan fingerprint density at radius 3 is 2.06 bits per heavy atom. The smallest absolute Gasteiger partial charge is 0.0103 e. The van der Waals surface area contributed by atoms with E-state index < -0.39 is 0 Å². The molecule has 2 atom stereocenters. The van der Waals surface area contributed by atoms with E-state index in [2.05, 4.69) is 39.5 Å². The van der Waals surface area contributed by atoms with E-state index in [0.717, 1.165) is 17.9 Å². The van der Waals surface area contributed by atoms with Gasteiger partial charge in [-0.2, -0.15) is 0 Å². The Labute approximate surface area is 108 Å². The first-order valence-corrected chi connectivity index (χ1v) is 7.41. The lowest BCUT2D eigenvalue weighted by molar-refractivity contribution is 0.0719. The predicted octanol–water partition coefficient (Wildman–Crippen LogP) is 3.26. The molecule has 2 unspecified atom stereocenters. The Hall–Kier alpha value is -0.0800. The summed E-state index contributed by atoms with van der Waals surface area (Å²) in [5.41, 5.74) is 6.06. The van der Waals surface area contributed by atoms with Gasteiger partial charge in [0.25, 0.3) is 0 Å². The average molecular weight is 240 g/mol. The van der Waals surface area contributed by atoms with Crippen molar-refractivity contribution >= 4 is 0 Å². The summed E-state index contributed by atoms with van der Waals surface area (Å²) in [5, 5.41) is 0. The summed E-state index contributed by atoms with van der Waals surface area (Å²) in [5.74, 6) is 1.59. The summed E-state index contributed by atoms with van der Waals surface area (Å²) in [6.07, 6.45) is 5.01. The van der Waals surface area contributed by atoms with Crippen LogP contribution in [0, 0.1) is 11.8 Å². The van der Waals surface area contributed by atoms with Crippen LogP contribution in [0.25, 0.3) is 0 Å². The SMILES string of the molecule is CC(C)CC(CC(C)C)N1CCC(N)CC1C. The van der Waals surface area contributed by atoms with E-state index in [1.165, 1.54) is 32.2 Å². The molecule has 0 bridgehead atoms. The van der Waals surface area contributed by atoms with Gasteiger partial charge in [-0.1, -0.05) is 27.7 Å². The molecule has 1 saturated heterocycles. The van der Waals surface area contributed by atoms with Crippen molar-refractivity contribution < 1.29 is 0 Å². The molecule has 0 radical (unpaired) electrons. The molecule has 0 spiro atoms. The van der Waals surface area contributed by atoms with Crippen molar-refractivity contribution in [3.8, 4) is 0 Å². The van der Waals surface area contributed by atoms with Crippen LogP contribution in [0.1, 0.15) is 60.3 Å². The van der Waals surface area contributed by atoms with Crippen molar-refractivity contribution in [2.45, 2.75) is 78.4 Å². The topological polar surface area (TPSA) is 29.3 Å². The highest BCUT2D eigenvalue weighted by molar-refractivity contribution is 4.86. The summed E-state index contributed by atoms with van der Waals surface area (Å²) in [7, 11) is 0. The third-order valence-electron chi connectivity index (χ3n) is 3.92. The van der Waals surface area contributed by atoms with Crippen molar-refractivity contribution in [2.75, 3.05) is 6.54 Å². The number of piperidine rings is 1. The third-order valence-corrected chi connectivity index (χ3v) is 3.92. The van der Waals surface area contributed by atoms with Gasteiger partial charge in [-0.15, -0.1) is 0 Å². The normalized spacial score (nSPS) is 27.4. The van der Waals surface area contributed by atoms with Crippen LogP contribution in [-0.4, -0.2) is 29.6 Å². The van der Waals surface area contributed by atoms with E-state index in [4.69, 9.17) is 5.73 Å². The molecular formula is C15H32N2. The average Bonchev–Trinajstić information content (AvgIpc) is 2.14. The minimum absolute atomic E-state index is 0.431. The maximum absolute atomic E-state index is 6.06. The fraction of sp³-hybridized carbons (Fsp3) is 1.00. The molecule has 2 nitrogen and oxygen atoms in total. The van der Waals surface area contributed by atoms with Gasteiger partial charge in [0.05, 0.1) is 0 Å². The first-order valence-electron chi connectivity index (χ1n) is 7.41. The molecule has 0 aromatic heterocycles. The van der Waals surface area contributed by atoms with Crippen molar-refractivity contribution in [3.05, 3.63) is 0 Å². The second kappa shape index (κ2) is 6.75. The molecule has 1 aliphatic heterocycles. The van der Waals surface area contributed by atoms with E-state index in [0.29, 0.717) is 12.1 Å². The number of hydrogen-bond donors (Lipinski definition) is 1. The molecular weight excluding hydrogens is 208 g/mol. The molecule has 1 rings (SSSR count). The van der Waals surface area contributed by atoms with Crippen molar-refractivity contribution in [3.63, 3.8) is 0 Å². The molecule has 0 aliphatic carbocycles. The van der Waals surface area contributed by atoms with E-state index in [9.17, 15) is 0 Å².